The molecule has 0 nitrogen and oxygen atoms in total. The summed E-state index contributed by atoms with van der Waals surface area (Å²) in [6, 6.07) is 37.1. The van der Waals surface area contributed by atoms with Crippen LogP contribution in [0.3, 0.4) is 0 Å². The van der Waals surface area contributed by atoms with Gasteiger partial charge in [0.25, 0.3) is 0 Å². The Bertz CT molecular complexity index is 1100. The third-order valence-electron chi connectivity index (χ3n) is 7.64. The van der Waals surface area contributed by atoms with Gasteiger partial charge in [0.05, 0.1) is 0 Å². The van der Waals surface area contributed by atoms with Crippen LogP contribution in [0, 0.1) is 0 Å². The zero-order chi connectivity index (χ0) is 19.0. The van der Waals surface area contributed by atoms with Gasteiger partial charge in [-0.1, -0.05) is 0 Å². The molecule has 0 bridgehead atoms. The molecule has 7 rings (SSSR count). The van der Waals surface area contributed by atoms with Crippen LogP contribution in [0.15, 0.2) is 97.1 Å². The van der Waals surface area contributed by atoms with Gasteiger partial charge in [-0.2, -0.15) is 0 Å². The Balaban J connectivity index is 0.00000102. The van der Waals surface area contributed by atoms with Crippen molar-refractivity contribution in [2.45, 2.75) is 15.5 Å². The zero-order valence-electron chi connectivity index (χ0n) is 17.1. The van der Waals surface area contributed by atoms with Crippen LogP contribution < -0.4 is 9.41 Å². The molecule has 0 unspecified atom stereocenters. The van der Waals surface area contributed by atoms with Gasteiger partial charge in [-0.05, 0) is 0 Å². The van der Waals surface area contributed by atoms with Crippen LogP contribution in [0.2, 0.25) is 8.26 Å². The van der Waals surface area contributed by atoms with Gasteiger partial charge in [0.1, 0.15) is 0 Å². The molecule has 3 heteroatoms. The Morgan fingerprint density at radius 2 is 0.677 bits per heavy atom. The molecule has 1 saturated heterocycles. The van der Waals surface area contributed by atoms with E-state index in [0.29, 0.717) is 7.25 Å². The van der Waals surface area contributed by atoms with Crippen molar-refractivity contribution < 1.29 is 29.7 Å². The Morgan fingerprint density at radius 3 is 0.935 bits per heavy atom. The second-order valence-corrected chi connectivity index (χ2v) is 20.3. The van der Waals surface area contributed by atoms with E-state index in [1.54, 1.807) is 22.3 Å². The van der Waals surface area contributed by atoms with Gasteiger partial charge >= 0.3 is 177 Å². The second-order valence-electron chi connectivity index (χ2n) is 8.95. The molecule has 0 atom stereocenters. The van der Waals surface area contributed by atoms with E-state index in [9.17, 15) is 0 Å². The van der Waals surface area contributed by atoms with E-state index in [-0.39, 0.29) is 9.41 Å². The molecule has 0 radical (unpaired) electrons. The number of halogens is 2. The standard InChI is InChI=1S/2C13H9.C2H4.2FH.Zr/c2*1-3-7-12-10(5-1)9-11-6-2-4-8-13(11)12;1-2;;;/h2*1-9H;1-2H2;2*1H;/q;;;;;+2/p-2. The summed E-state index contributed by atoms with van der Waals surface area (Å²) in [5.41, 5.74) is 12.5. The molecule has 0 spiro atoms. The van der Waals surface area contributed by atoms with Crippen LogP contribution in [0.5, 0.6) is 0 Å². The van der Waals surface area contributed by atoms with E-state index in [0.717, 1.165) is 0 Å². The summed E-state index contributed by atoms with van der Waals surface area (Å²) in [7, 11) is 0. The van der Waals surface area contributed by atoms with Crippen molar-refractivity contribution in [2.75, 3.05) is 0 Å². The van der Waals surface area contributed by atoms with Gasteiger partial charge in [0.2, 0.25) is 0 Å². The van der Waals surface area contributed by atoms with Crippen molar-refractivity contribution in [3.8, 4) is 22.3 Å². The molecule has 2 aliphatic carbocycles. The Kier molecular flexibility index (Phi) is 4.86. The van der Waals surface area contributed by atoms with Crippen molar-refractivity contribution in [1.82, 2.24) is 0 Å². The van der Waals surface area contributed by atoms with E-state index in [4.69, 9.17) is 0 Å². The fourth-order valence-electron chi connectivity index (χ4n) is 6.44. The summed E-state index contributed by atoms with van der Waals surface area (Å²) in [4.78, 5) is 0. The topological polar surface area (TPSA) is 0 Å². The summed E-state index contributed by atoms with van der Waals surface area (Å²) in [6.07, 6.45) is 0. The SMILES string of the molecule is [F-].[F-].c1ccc2c(c1)-c1ccccc1[CH]2[Zr+2]1([CH]2c3ccccc3-c3ccccc32)[CH2][CH2]1. The minimum atomic E-state index is -2.55. The molecule has 31 heavy (non-hydrogen) atoms. The van der Waals surface area contributed by atoms with E-state index in [2.05, 4.69) is 97.1 Å². The zero-order valence-corrected chi connectivity index (χ0v) is 19.5. The predicted molar refractivity (Wildman–Crippen MR) is 117 cm³/mol. The second kappa shape index (κ2) is 7.35. The van der Waals surface area contributed by atoms with Crippen molar-refractivity contribution >= 4 is 0 Å². The van der Waals surface area contributed by atoms with E-state index >= 15 is 0 Å². The van der Waals surface area contributed by atoms with E-state index in [1.165, 1.54) is 30.5 Å². The maximum atomic E-state index is 2.43. The average Bonchev–Trinajstić information content (AvgIpc) is 3.38. The van der Waals surface area contributed by atoms with Crippen LogP contribution in [0.25, 0.3) is 22.3 Å². The number of hydrogen-bond acceptors (Lipinski definition) is 0. The summed E-state index contributed by atoms with van der Waals surface area (Å²) >= 11 is -2.55. The number of rotatable bonds is 2. The van der Waals surface area contributed by atoms with Crippen LogP contribution in [0.4, 0.5) is 0 Å². The molecule has 4 aromatic rings. The summed E-state index contributed by atoms with van der Waals surface area (Å²) in [5.74, 6) is 0. The first kappa shape index (κ1) is 20.5. The molecular formula is C28H22F2Zr. The molecule has 152 valence electrons. The first-order chi connectivity index (χ1) is 14.4. The summed E-state index contributed by atoms with van der Waals surface area (Å²) in [5, 5.41) is 0. The van der Waals surface area contributed by atoms with Gasteiger partial charge in [0.15, 0.2) is 0 Å². The molecule has 0 aromatic heterocycles. The van der Waals surface area contributed by atoms with Crippen molar-refractivity contribution in [2.24, 2.45) is 0 Å². The molecule has 1 aliphatic heterocycles. The third kappa shape index (κ3) is 2.66. The van der Waals surface area contributed by atoms with E-state index in [1.807, 2.05) is 0 Å². The van der Waals surface area contributed by atoms with Crippen LogP contribution >= 0.6 is 0 Å². The molecule has 1 heterocycles. The molecule has 0 saturated carbocycles. The fourth-order valence-corrected chi connectivity index (χ4v) is 23.6. The quantitative estimate of drug-likeness (QED) is 0.403. The van der Waals surface area contributed by atoms with E-state index < -0.39 is 20.3 Å². The van der Waals surface area contributed by atoms with Gasteiger partial charge < -0.3 is 9.41 Å². The Labute approximate surface area is 186 Å². The van der Waals surface area contributed by atoms with Crippen LogP contribution in [-0.2, 0) is 20.3 Å². The minimum absolute atomic E-state index is 0. The van der Waals surface area contributed by atoms with Crippen LogP contribution in [0.1, 0.15) is 29.5 Å². The fraction of sp³-hybridized carbons (Fsp3) is 0.143. The first-order valence-corrected chi connectivity index (χ1v) is 17.1. The van der Waals surface area contributed by atoms with Gasteiger partial charge in [-0.3, -0.25) is 0 Å². The summed E-state index contributed by atoms with van der Waals surface area (Å²) < 4.78 is 4.41. The molecule has 1 fully saturated rings. The summed E-state index contributed by atoms with van der Waals surface area (Å²) in [6.45, 7) is 0. The van der Waals surface area contributed by atoms with Gasteiger partial charge in [-0.15, -0.1) is 0 Å². The van der Waals surface area contributed by atoms with Crippen molar-refractivity contribution in [3.63, 3.8) is 0 Å². The average molecular weight is 488 g/mol. The maximum absolute atomic E-state index is 2.55. The number of fused-ring (bicyclic) bond motifs is 6. The normalized spacial score (nSPS) is 15.9. The Hall–Kier alpha value is -2.38. The number of hydrogen-bond donors (Lipinski definition) is 0. The molecule has 3 aliphatic rings. The van der Waals surface area contributed by atoms with Gasteiger partial charge in [0, 0.05) is 0 Å². The van der Waals surface area contributed by atoms with Gasteiger partial charge in [-0.25, -0.2) is 0 Å². The third-order valence-corrected chi connectivity index (χ3v) is 20.4. The predicted octanol–water partition coefficient (Wildman–Crippen LogP) is 1.54. The molecule has 0 amide bonds. The first-order valence-electron chi connectivity index (χ1n) is 10.7. The molecule has 0 N–H and O–H groups in total. The monoisotopic (exact) mass is 486 g/mol. The van der Waals surface area contributed by atoms with Crippen molar-refractivity contribution in [1.29, 1.82) is 0 Å². The molecular weight excluding hydrogens is 466 g/mol. The van der Waals surface area contributed by atoms with Crippen LogP contribution in [-0.4, -0.2) is 0 Å². The van der Waals surface area contributed by atoms with Crippen molar-refractivity contribution in [3.05, 3.63) is 119 Å². The number of benzene rings is 4. The Morgan fingerprint density at radius 1 is 0.419 bits per heavy atom. The molecule has 4 aromatic carbocycles.